The van der Waals surface area contributed by atoms with E-state index in [0.29, 0.717) is 24.4 Å². The second-order valence-corrected chi connectivity index (χ2v) is 6.52. The third-order valence-corrected chi connectivity index (χ3v) is 4.61. The van der Waals surface area contributed by atoms with Crippen LogP contribution in [0.3, 0.4) is 0 Å². The van der Waals surface area contributed by atoms with Crippen molar-refractivity contribution in [1.29, 1.82) is 0 Å². The van der Waals surface area contributed by atoms with Crippen molar-refractivity contribution in [3.63, 3.8) is 0 Å². The van der Waals surface area contributed by atoms with Gasteiger partial charge in [0.1, 0.15) is 17.1 Å². The van der Waals surface area contributed by atoms with E-state index in [1.165, 1.54) is 11.5 Å². The Bertz CT molecular complexity index is 968. The monoisotopic (exact) mass is 354 g/mol. The van der Waals surface area contributed by atoms with Crippen molar-refractivity contribution in [3.8, 4) is 0 Å². The van der Waals surface area contributed by atoms with Gasteiger partial charge < -0.3 is 19.0 Å². The van der Waals surface area contributed by atoms with Crippen molar-refractivity contribution >= 4 is 22.8 Å². The summed E-state index contributed by atoms with van der Waals surface area (Å²) in [4.78, 5) is 25.1. The number of rotatable bonds is 6. The number of hydrogen-bond donors (Lipinski definition) is 1. The first-order chi connectivity index (χ1) is 12.4. The highest BCUT2D eigenvalue weighted by Gasteiger charge is 2.17. The summed E-state index contributed by atoms with van der Waals surface area (Å²) in [5.74, 6) is -0.212. The number of amides is 1. The average Bonchev–Trinajstić information content (AvgIpc) is 3.13. The number of carboxylic acid groups (broad SMARTS) is 1. The summed E-state index contributed by atoms with van der Waals surface area (Å²) in [7, 11) is 3.70. The predicted molar refractivity (Wildman–Crippen MR) is 98.1 cm³/mol. The summed E-state index contributed by atoms with van der Waals surface area (Å²) in [6.07, 6.45) is 3.10. The molecule has 0 bridgehead atoms. The van der Waals surface area contributed by atoms with Gasteiger partial charge in [0.25, 0.3) is 0 Å². The van der Waals surface area contributed by atoms with E-state index in [4.69, 9.17) is 9.52 Å². The van der Waals surface area contributed by atoms with Crippen molar-refractivity contribution in [2.75, 3.05) is 7.05 Å². The Hall–Kier alpha value is -3.02. The van der Waals surface area contributed by atoms with E-state index in [1.807, 2.05) is 19.2 Å². The molecule has 1 amide bonds. The molecule has 0 fully saturated rings. The van der Waals surface area contributed by atoms with Crippen LogP contribution < -0.4 is 0 Å². The minimum atomic E-state index is -1.03. The molecule has 0 saturated heterocycles. The molecule has 2 heterocycles. The molecule has 26 heavy (non-hydrogen) atoms. The van der Waals surface area contributed by atoms with Gasteiger partial charge in [0, 0.05) is 37.6 Å². The first-order valence-electron chi connectivity index (χ1n) is 8.46. The minimum absolute atomic E-state index is 0.0103. The zero-order valence-corrected chi connectivity index (χ0v) is 15.2. The van der Waals surface area contributed by atoms with Gasteiger partial charge in [-0.1, -0.05) is 18.2 Å². The van der Waals surface area contributed by atoms with E-state index in [1.54, 1.807) is 18.9 Å². The Morgan fingerprint density at radius 2 is 2.00 bits per heavy atom. The minimum Gasteiger partial charge on any atom is -0.478 e. The molecule has 0 aliphatic carbocycles. The fourth-order valence-corrected chi connectivity index (χ4v) is 3.21. The molecule has 6 nitrogen and oxygen atoms in total. The van der Waals surface area contributed by atoms with E-state index in [2.05, 4.69) is 22.9 Å². The van der Waals surface area contributed by atoms with Gasteiger partial charge in [-0.15, -0.1) is 0 Å². The number of aromatic carboxylic acids is 1. The second-order valence-electron chi connectivity index (χ2n) is 6.52. The summed E-state index contributed by atoms with van der Waals surface area (Å²) >= 11 is 0. The lowest BCUT2D eigenvalue weighted by atomic mass is 10.1. The van der Waals surface area contributed by atoms with Crippen LogP contribution in [0.15, 0.2) is 40.9 Å². The number of carbonyl (C=O) groups is 2. The maximum atomic E-state index is 12.5. The zero-order chi connectivity index (χ0) is 18.8. The van der Waals surface area contributed by atoms with Crippen molar-refractivity contribution in [2.45, 2.75) is 26.3 Å². The van der Waals surface area contributed by atoms with Crippen LogP contribution in [-0.2, 0) is 24.8 Å². The van der Waals surface area contributed by atoms with E-state index < -0.39 is 5.97 Å². The highest BCUT2D eigenvalue weighted by atomic mass is 16.4. The summed E-state index contributed by atoms with van der Waals surface area (Å²) < 4.78 is 7.51. The molecule has 0 aliphatic heterocycles. The summed E-state index contributed by atoms with van der Waals surface area (Å²) in [5.41, 5.74) is 2.43. The summed E-state index contributed by atoms with van der Waals surface area (Å²) in [6, 6.07) is 9.61. The molecule has 0 radical (unpaired) electrons. The number of aryl methyl sites for hydroxylation is 3. The lowest BCUT2D eigenvalue weighted by Crippen LogP contribution is -2.26. The zero-order valence-electron chi connectivity index (χ0n) is 15.2. The lowest BCUT2D eigenvalue weighted by Gasteiger charge is -2.15. The summed E-state index contributed by atoms with van der Waals surface area (Å²) in [5, 5.41) is 10.2. The molecule has 0 spiro atoms. The van der Waals surface area contributed by atoms with Crippen LogP contribution in [0.2, 0.25) is 0 Å². The van der Waals surface area contributed by atoms with Gasteiger partial charge in [-0.05, 0) is 31.0 Å². The van der Waals surface area contributed by atoms with E-state index >= 15 is 0 Å². The number of furan rings is 1. The average molecular weight is 354 g/mol. The quantitative estimate of drug-likeness (QED) is 0.736. The van der Waals surface area contributed by atoms with Crippen LogP contribution >= 0.6 is 0 Å². The highest BCUT2D eigenvalue weighted by molar-refractivity contribution is 5.89. The van der Waals surface area contributed by atoms with Gasteiger partial charge in [-0.25, -0.2) is 4.79 Å². The molecule has 1 aromatic carbocycles. The van der Waals surface area contributed by atoms with E-state index in [9.17, 15) is 9.59 Å². The molecule has 1 N–H and O–H groups in total. The summed E-state index contributed by atoms with van der Waals surface area (Å²) in [6.45, 7) is 1.86. The number of carboxylic acids is 1. The topological polar surface area (TPSA) is 75.7 Å². The van der Waals surface area contributed by atoms with Crippen LogP contribution in [0, 0.1) is 6.92 Å². The maximum absolute atomic E-state index is 12.5. The molecule has 0 atom stereocenters. The first-order valence-corrected chi connectivity index (χ1v) is 8.46. The smallest absolute Gasteiger partial charge is 0.339 e. The van der Waals surface area contributed by atoms with Crippen molar-refractivity contribution < 1.29 is 19.1 Å². The number of fused-ring (bicyclic) bond motifs is 1. The molecule has 3 aromatic rings. The Balaban J connectivity index is 1.64. The number of nitrogens with zero attached hydrogens (tertiary/aromatic N) is 2. The Morgan fingerprint density at radius 1 is 1.27 bits per heavy atom. The molecular weight excluding hydrogens is 332 g/mol. The molecule has 3 rings (SSSR count). The number of aromatic nitrogens is 1. The number of hydrogen-bond acceptors (Lipinski definition) is 3. The Morgan fingerprint density at radius 3 is 2.69 bits per heavy atom. The van der Waals surface area contributed by atoms with Crippen LogP contribution in [0.1, 0.15) is 33.9 Å². The largest absolute Gasteiger partial charge is 0.478 e. The van der Waals surface area contributed by atoms with Crippen molar-refractivity contribution in [2.24, 2.45) is 7.05 Å². The van der Waals surface area contributed by atoms with Gasteiger partial charge in [0.2, 0.25) is 5.91 Å². The third kappa shape index (κ3) is 3.49. The number of para-hydroxylation sites is 1. The molecule has 136 valence electrons. The number of carbonyl (C=O) groups excluding carboxylic acids is 1. The van der Waals surface area contributed by atoms with Gasteiger partial charge in [0.15, 0.2) is 0 Å². The standard InChI is InChI=1S/C20H22N2O4/c1-13-17(20(24)25)10-15(26-13)12-22(3)19(23)9-8-14-11-21(2)18-7-5-4-6-16(14)18/h4-7,10-11H,8-9,12H2,1-3H3,(H,24,25). The van der Waals surface area contributed by atoms with Crippen LogP contribution in [0.5, 0.6) is 0 Å². The van der Waals surface area contributed by atoms with Crippen LogP contribution in [0.25, 0.3) is 10.9 Å². The van der Waals surface area contributed by atoms with Crippen LogP contribution in [-0.4, -0.2) is 33.5 Å². The third-order valence-electron chi connectivity index (χ3n) is 4.61. The van der Waals surface area contributed by atoms with Gasteiger partial charge in [-0.2, -0.15) is 0 Å². The SMILES string of the molecule is Cc1oc(CN(C)C(=O)CCc2cn(C)c3ccccc23)cc1C(=O)O. The fourth-order valence-electron chi connectivity index (χ4n) is 3.21. The lowest BCUT2D eigenvalue weighted by molar-refractivity contribution is -0.130. The van der Waals surface area contributed by atoms with E-state index in [0.717, 1.165) is 11.1 Å². The molecular formula is C20H22N2O4. The van der Waals surface area contributed by atoms with Gasteiger partial charge in [0.05, 0.1) is 6.54 Å². The van der Waals surface area contributed by atoms with Crippen molar-refractivity contribution in [1.82, 2.24) is 9.47 Å². The predicted octanol–water partition coefficient (Wildman–Crippen LogP) is 3.37. The molecule has 6 heteroatoms. The van der Waals surface area contributed by atoms with Crippen LogP contribution in [0.4, 0.5) is 0 Å². The Labute approximate surface area is 151 Å². The molecule has 0 aliphatic rings. The fraction of sp³-hybridized carbons (Fsp3) is 0.300. The van der Waals surface area contributed by atoms with Gasteiger partial charge in [-0.3, -0.25) is 4.79 Å². The Kier molecular flexibility index (Phi) is 4.84. The van der Waals surface area contributed by atoms with Gasteiger partial charge >= 0.3 is 5.97 Å². The van der Waals surface area contributed by atoms with Crippen molar-refractivity contribution in [3.05, 3.63) is 59.2 Å². The molecule has 0 unspecified atom stereocenters. The highest BCUT2D eigenvalue weighted by Crippen LogP contribution is 2.22. The molecule has 2 aromatic heterocycles. The number of benzene rings is 1. The normalized spacial score (nSPS) is 11.0. The second kappa shape index (κ2) is 7.07. The molecule has 0 saturated carbocycles. The maximum Gasteiger partial charge on any atom is 0.339 e. The first kappa shape index (κ1) is 17.8. The van der Waals surface area contributed by atoms with E-state index in [-0.39, 0.29) is 18.0 Å².